The maximum Gasteiger partial charge on any atom is 0.349 e. The van der Waals surface area contributed by atoms with Crippen LogP contribution in [0.25, 0.3) is 0 Å². The van der Waals surface area contributed by atoms with Crippen molar-refractivity contribution in [1.82, 2.24) is 14.5 Å². The summed E-state index contributed by atoms with van der Waals surface area (Å²) in [5.74, 6) is 0.551. The van der Waals surface area contributed by atoms with Gasteiger partial charge in [-0.3, -0.25) is 9.36 Å². The van der Waals surface area contributed by atoms with Gasteiger partial charge in [-0.05, 0) is 50.0 Å². The highest BCUT2D eigenvalue weighted by atomic mass is 32.2. The van der Waals surface area contributed by atoms with Crippen LogP contribution in [0.5, 0.6) is 0 Å². The average molecular weight is 390 g/mol. The van der Waals surface area contributed by atoms with E-state index in [2.05, 4.69) is 11.1 Å². The standard InChI is InChI=1S/C19H23N3O2S2/c23-17(21-9-3-4-10-21)13-26-18-15-7-1-2-8-16(15)22(19(24)20-18)12-14-6-5-11-25-14/h5-6,11H,1-4,7-10,12-13H2. The number of amides is 1. The van der Waals surface area contributed by atoms with E-state index in [1.54, 1.807) is 11.3 Å². The molecule has 5 nitrogen and oxygen atoms in total. The minimum atomic E-state index is -0.185. The van der Waals surface area contributed by atoms with E-state index in [0.29, 0.717) is 12.3 Å². The molecule has 0 unspecified atom stereocenters. The fourth-order valence-electron chi connectivity index (χ4n) is 3.78. The highest BCUT2D eigenvalue weighted by Crippen LogP contribution is 2.29. The molecule has 1 aliphatic carbocycles. The Morgan fingerprint density at radius 2 is 2.00 bits per heavy atom. The fraction of sp³-hybridized carbons (Fsp3) is 0.526. The van der Waals surface area contributed by atoms with Gasteiger partial charge in [0.05, 0.1) is 12.3 Å². The zero-order chi connectivity index (χ0) is 17.9. The van der Waals surface area contributed by atoms with E-state index in [1.165, 1.54) is 22.2 Å². The maximum absolute atomic E-state index is 12.7. The Bertz CT molecular complexity index is 839. The fourth-order valence-corrected chi connectivity index (χ4v) is 5.45. The molecule has 138 valence electrons. The van der Waals surface area contributed by atoms with Crippen molar-refractivity contribution in [2.75, 3.05) is 18.8 Å². The van der Waals surface area contributed by atoms with Gasteiger partial charge in [0.1, 0.15) is 5.03 Å². The van der Waals surface area contributed by atoms with Crippen LogP contribution in [0.3, 0.4) is 0 Å². The maximum atomic E-state index is 12.7. The monoisotopic (exact) mass is 389 g/mol. The van der Waals surface area contributed by atoms with Crippen LogP contribution in [0.4, 0.5) is 0 Å². The number of carbonyl (C=O) groups is 1. The molecule has 0 radical (unpaired) electrons. The second-order valence-electron chi connectivity index (χ2n) is 6.87. The molecule has 3 heterocycles. The van der Waals surface area contributed by atoms with Gasteiger partial charge in [0, 0.05) is 29.2 Å². The van der Waals surface area contributed by atoms with Crippen molar-refractivity contribution in [3.8, 4) is 0 Å². The Kier molecular flexibility index (Phi) is 5.45. The van der Waals surface area contributed by atoms with Crippen molar-refractivity contribution in [2.45, 2.75) is 50.1 Å². The summed E-state index contributed by atoms with van der Waals surface area (Å²) in [7, 11) is 0. The summed E-state index contributed by atoms with van der Waals surface area (Å²) in [5.41, 5.74) is 2.13. The van der Waals surface area contributed by atoms with Gasteiger partial charge in [-0.15, -0.1) is 11.3 Å². The molecule has 1 amide bonds. The highest BCUT2D eigenvalue weighted by Gasteiger charge is 2.23. The van der Waals surface area contributed by atoms with Gasteiger partial charge in [-0.25, -0.2) is 4.79 Å². The molecule has 26 heavy (non-hydrogen) atoms. The number of rotatable bonds is 5. The normalized spacial score (nSPS) is 16.7. The summed E-state index contributed by atoms with van der Waals surface area (Å²) < 4.78 is 1.84. The molecule has 0 aromatic carbocycles. The van der Waals surface area contributed by atoms with E-state index in [1.807, 2.05) is 20.9 Å². The van der Waals surface area contributed by atoms with Crippen molar-refractivity contribution in [3.63, 3.8) is 0 Å². The minimum Gasteiger partial charge on any atom is -0.342 e. The van der Waals surface area contributed by atoms with Crippen molar-refractivity contribution >= 4 is 29.0 Å². The lowest BCUT2D eigenvalue weighted by Crippen LogP contribution is -2.31. The summed E-state index contributed by atoms with van der Waals surface area (Å²) in [6, 6.07) is 4.07. The van der Waals surface area contributed by atoms with E-state index >= 15 is 0 Å². The first-order chi connectivity index (χ1) is 12.7. The third-order valence-electron chi connectivity index (χ3n) is 5.14. The van der Waals surface area contributed by atoms with E-state index in [-0.39, 0.29) is 11.6 Å². The Labute approximate surface area is 161 Å². The van der Waals surface area contributed by atoms with Gasteiger partial charge in [0.2, 0.25) is 5.91 Å². The zero-order valence-corrected chi connectivity index (χ0v) is 16.4. The summed E-state index contributed by atoms with van der Waals surface area (Å²) >= 11 is 3.11. The molecule has 2 aliphatic rings. The Hall–Kier alpha value is -1.60. The number of carbonyl (C=O) groups excluding carboxylic acids is 1. The molecule has 7 heteroatoms. The predicted molar refractivity (Wildman–Crippen MR) is 105 cm³/mol. The van der Waals surface area contributed by atoms with Gasteiger partial charge in [0.15, 0.2) is 0 Å². The quantitative estimate of drug-likeness (QED) is 0.583. The van der Waals surface area contributed by atoms with Crippen LogP contribution in [0.15, 0.2) is 27.3 Å². The molecule has 0 N–H and O–H groups in total. The third-order valence-corrected chi connectivity index (χ3v) is 7.00. The average Bonchev–Trinajstić information content (AvgIpc) is 3.36. The largest absolute Gasteiger partial charge is 0.349 e. The van der Waals surface area contributed by atoms with Gasteiger partial charge >= 0.3 is 5.69 Å². The number of fused-ring (bicyclic) bond motifs is 1. The lowest BCUT2D eigenvalue weighted by Gasteiger charge is -2.23. The number of thiophene rings is 1. The van der Waals surface area contributed by atoms with Crippen LogP contribution >= 0.6 is 23.1 Å². The first-order valence-electron chi connectivity index (χ1n) is 9.28. The second-order valence-corrected chi connectivity index (χ2v) is 8.87. The topological polar surface area (TPSA) is 55.2 Å². The van der Waals surface area contributed by atoms with Crippen LogP contribution in [-0.4, -0.2) is 39.2 Å². The molecular weight excluding hydrogens is 366 g/mol. The van der Waals surface area contributed by atoms with Gasteiger partial charge in [0.25, 0.3) is 0 Å². The van der Waals surface area contributed by atoms with Crippen LogP contribution < -0.4 is 5.69 Å². The summed E-state index contributed by atoms with van der Waals surface area (Å²) in [6.07, 6.45) is 6.31. The first-order valence-corrected chi connectivity index (χ1v) is 11.1. The van der Waals surface area contributed by atoms with Crippen LogP contribution in [0.2, 0.25) is 0 Å². The number of hydrogen-bond acceptors (Lipinski definition) is 5. The highest BCUT2D eigenvalue weighted by molar-refractivity contribution is 7.99. The molecule has 0 atom stereocenters. The molecule has 0 spiro atoms. The second kappa shape index (κ2) is 7.96. The molecule has 1 aliphatic heterocycles. The number of aromatic nitrogens is 2. The van der Waals surface area contributed by atoms with Gasteiger partial charge in [-0.2, -0.15) is 4.98 Å². The van der Waals surface area contributed by atoms with Gasteiger partial charge < -0.3 is 4.90 Å². The zero-order valence-electron chi connectivity index (χ0n) is 14.8. The van der Waals surface area contributed by atoms with Gasteiger partial charge in [-0.1, -0.05) is 17.8 Å². The Balaban J connectivity index is 1.58. The summed E-state index contributed by atoms with van der Waals surface area (Å²) in [4.78, 5) is 32.5. The molecule has 1 saturated heterocycles. The summed E-state index contributed by atoms with van der Waals surface area (Å²) in [6.45, 7) is 2.34. The Morgan fingerprint density at radius 1 is 1.19 bits per heavy atom. The molecule has 2 aromatic rings. The number of hydrogen-bond donors (Lipinski definition) is 0. The molecule has 2 aromatic heterocycles. The minimum absolute atomic E-state index is 0.168. The molecule has 4 rings (SSSR count). The van der Waals surface area contributed by atoms with Crippen molar-refractivity contribution in [2.24, 2.45) is 0 Å². The lowest BCUT2D eigenvalue weighted by molar-refractivity contribution is -0.127. The van der Waals surface area contributed by atoms with Crippen molar-refractivity contribution in [3.05, 3.63) is 44.1 Å². The van der Waals surface area contributed by atoms with Crippen LogP contribution in [-0.2, 0) is 24.2 Å². The summed E-state index contributed by atoms with van der Waals surface area (Å²) in [5, 5.41) is 2.81. The van der Waals surface area contributed by atoms with E-state index < -0.39 is 0 Å². The number of nitrogens with zero attached hydrogens (tertiary/aromatic N) is 3. The van der Waals surface area contributed by atoms with Crippen LogP contribution in [0, 0.1) is 0 Å². The molecule has 1 fully saturated rings. The molecular formula is C19H23N3O2S2. The van der Waals surface area contributed by atoms with E-state index in [4.69, 9.17) is 0 Å². The SMILES string of the molecule is O=C(CSc1nc(=O)n(Cc2cccs2)c2c1CCCC2)N1CCCC1. The van der Waals surface area contributed by atoms with Crippen LogP contribution in [0.1, 0.15) is 41.8 Å². The smallest absolute Gasteiger partial charge is 0.342 e. The first kappa shape index (κ1) is 17.8. The van der Waals surface area contributed by atoms with Crippen molar-refractivity contribution in [1.29, 1.82) is 0 Å². The molecule has 0 saturated carbocycles. The van der Waals surface area contributed by atoms with Crippen molar-refractivity contribution < 1.29 is 4.79 Å². The number of thioether (sulfide) groups is 1. The van der Waals surface area contributed by atoms with E-state index in [0.717, 1.165) is 62.3 Å². The Morgan fingerprint density at radius 3 is 2.77 bits per heavy atom. The van der Waals surface area contributed by atoms with E-state index in [9.17, 15) is 9.59 Å². The third kappa shape index (κ3) is 3.74. The number of likely N-dealkylation sites (tertiary alicyclic amines) is 1. The lowest BCUT2D eigenvalue weighted by atomic mass is 9.97. The molecule has 0 bridgehead atoms. The predicted octanol–water partition coefficient (Wildman–Crippen LogP) is 2.95.